The van der Waals surface area contributed by atoms with Gasteiger partial charge in [0, 0.05) is 29.1 Å². The highest BCUT2D eigenvalue weighted by molar-refractivity contribution is 6.30. The lowest BCUT2D eigenvalue weighted by molar-refractivity contribution is -0.137. The largest absolute Gasteiger partial charge is 0.481 e. The molecular formula is C24H26ClN3O3. The molecule has 0 saturated carbocycles. The Balaban J connectivity index is 1.97. The Labute approximate surface area is 186 Å². The van der Waals surface area contributed by atoms with E-state index in [0.29, 0.717) is 30.1 Å². The molecule has 2 aromatic carbocycles. The summed E-state index contributed by atoms with van der Waals surface area (Å²) in [7, 11) is 0. The predicted molar refractivity (Wildman–Crippen MR) is 122 cm³/mol. The summed E-state index contributed by atoms with van der Waals surface area (Å²) in [4.78, 5) is 23.5. The van der Waals surface area contributed by atoms with E-state index in [9.17, 15) is 9.59 Å². The summed E-state index contributed by atoms with van der Waals surface area (Å²) in [6, 6.07) is 13.7. The van der Waals surface area contributed by atoms with Gasteiger partial charge in [0.25, 0.3) is 5.91 Å². The first-order chi connectivity index (χ1) is 14.8. The molecule has 0 spiro atoms. The van der Waals surface area contributed by atoms with Crippen molar-refractivity contribution in [1.29, 1.82) is 0 Å². The molecule has 3 aromatic rings. The number of halogens is 1. The van der Waals surface area contributed by atoms with Gasteiger partial charge in [0.15, 0.2) is 5.69 Å². The number of nitrogens with one attached hydrogen (secondary N) is 1. The first-order valence-corrected chi connectivity index (χ1v) is 10.6. The van der Waals surface area contributed by atoms with Crippen LogP contribution in [0.2, 0.25) is 5.02 Å². The molecule has 0 aliphatic carbocycles. The lowest BCUT2D eigenvalue weighted by Crippen LogP contribution is -2.25. The highest BCUT2D eigenvalue weighted by atomic mass is 35.5. The zero-order chi connectivity index (χ0) is 22.5. The monoisotopic (exact) mass is 439 g/mol. The molecule has 1 aromatic heterocycles. The number of aromatic nitrogens is 2. The van der Waals surface area contributed by atoms with E-state index in [2.05, 4.69) is 10.4 Å². The third-order valence-corrected chi connectivity index (χ3v) is 5.39. The van der Waals surface area contributed by atoms with Crippen LogP contribution in [-0.2, 0) is 4.79 Å². The Hall–Kier alpha value is -3.12. The van der Waals surface area contributed by atoms with Gasteiger partial charge in [-0.3, -0.25) is 9.59 Å². The molecule has 0 radical (unpaired) electrons. The van der Waals surface area contributed by atoms with E-state index in [1.165, 1.54) is 0 Å². The average molecular weight is 440 g/mol. The van der Waals surface area contributed by atoms with Gasteiger partial charge in [0.05, 0.1) is 11.4 Å². The molecule has 0 aliphatic rings. The van der Waals surface area contributed by atoms with E-state index in [1.54, 1.807) is 4.68 Å². The number of amides is 1. The molecule has 1 amide bonds. The SMILES string of the molecule is Cc1ccc(-c2c(C)c(C(=O)NCCCCC(=O)O)nn2-c2ccc(Cl)cc2C)cc1. The maximum Gasteiger partial charge on any atom is 0.303 e. The Morgan fingerprint density at radius 3 is 2.42 bits per heavy atom. The fourth-order valence-corrected chi connectivity index (χ4v) is 3.71. The number of carboxylic acid groups (broad SMARTS) is 1. The number of hydrogen-bond donors (Lipinski definition) is 2. The highest BCUT2D eigenvalue weighted by Gasteiger charge is 2.22. The molecule has 2 N–H and O–H groups in total. The average Bonchev–Trinajstić information content (AvgIpc) is 3.05. The topological polar surface area (TPSA) is 84.2 Å². The molecule has 0 saturated heterocycles. The Morgan fingerprint density at radius 1 is 1.06 bits per heavy atom. The van der Waals surface area contributed by atoms with Crippen LogP contribution in [-0.4, -0.2) is 33.3 Å². The van der Waals surface area contributed by atoms with Crippen molar-refractivity contribution >= 4 is 23.5 Å². The van der Waals surface area contributed by atoms with Crippen LogP contribution < -0.4 is 5.32 Å². The summed E-state index contributed by atoms with van der Waals surface area (Å²) in [6.07, 6.45) is 1.21. The predicted octanol–water partition coefficient (Wildman–Crippen LogP) is 5.10. The van der Waals surface area contributed by atoms with Crippen LogP contribution in [0.3, 0.4) is 0 Å². The van der Waals surface area contributed by atoms with Crippen LogP contribution in [0.1, 0.15) is 46.4 Å². The number of unbranched alkanes of at least 4 members (excludes halogenated alkanes) is 1. The van der Waals surface area contributed by atoms with E-state index in [1.807, 2.05) is 63.2 Å². The Kier molecular flexibility index (Phi) is 7.13. The van der Waals surface area contributed by atoms with Gasteiger partial charge in [0.2, 0.25) is 0 Å². The van der Waals surface area contributed by atoms with Gasteiger partial charge in [-0.05, 0) is 57.4 Å². The number of carbonyl (C=O) groups is 2. The highest BCUT2D eigenvalue weighted by Crippen LogP contribution is 2.31. The van der Waals surface area contributed by atoms with Crippen molar-refractivity contribution in [2.24, 2.45) is 0 Å². The van der Waals surface area contributed by atoms with Gasteiger partial charge in [0.1, 0.15) is 0 Å². The summed E-state index contributed by atoms with van der Waals surface area (Å²) in [6.45, 7) is 6.28. The van der Waals surface area contributed by atoms with E-state index < -0.39 is 5.97 Å². The smallest absolute Gasteiger partial charge is 0.303 e. The van der Waals surface area contributed by atoms with Crippen LogP contribution in [0.4, 0.5) is 0 Å². The van der Waals surface area contributed by atoms with E-state index in [-0.39, 0.29) is 12.3 Å². The van der Waals surface area contributed by atoms with E-state index in [4.69, 9.17) is 16.7 Å². The summed E-state index contributed by atoms with van der Waals surface area (Å²) in [5, 5.41) is 16.9. The number of hydrogen-bond acceptors (Lipinski definition) is 3. The molecule has 7 heteroatoms. The number of carbonyl (C=O) groups excluding carboxylic acids is 1. The van der Waals surface area contributed by atoms with Crippen molar-refractivity contribution in [1.82, 2.24) is 15.1 Å². The number of aryl methyl sites for hydroxylation is 2. The van der Waals surface area contributed by atoms with Gasteiger partial charge in [-0.1, -0.05) is 41.4 Å². The molecule has 0 bridgehead atoms. The lowest BCUT2D eigenvalue weighted by Gasteiger charge is -2.12. The van der Waals surface area contributed by atoms with Gasteiger partial charge in [-0.15, -0.1) is 0 Å². The van der Waals surface area contributed by atoms with Crippen LogP contribution in [0, 0.1) is 20.8 Å². The number of nitrogens with zero attached hydrogens (tertiary/aromatic N) is 2. The molecule has 0 fully saturated rings. The Morgan fingerprint density at radius 2 is 1.77 bits per heavy atom. The van der Waals surface area contributed by atoms with Gasteiger partial charge >= 0.3 is 5.97 Å². The maximum absolute atomic E-state index is 12.9. The quantitative estimate of drug-likeness (QED) is 0.478. The van der Waals surface area contributed by atoms with Gasteiger partial charge in [-0.2, -0.15) is 5.10 Å². The summed E-state index contributed by atoms with van der Waals surface area (Å²) in [5.74, 6) is -1.10. The molecule has 1 heterocycles. The molecule has 0 unspecified atom stereocenters. The lowest BCUT2D eigenvalue weighted by atomic mass is 10.0. The van der Waals surface area contributed by atoms with E-state index >= 15 is 0 Å². The zero-order valence-corrected chi connectivity index (χ0v) is 18.7. The summed E-state index contributed by atoms with van der Waals surface area (Å²) < 4.78 is 1.80. The molecule has 6 nitrogen and oxygen atoms in total. The van der Waals surface area contributed by atoms with Crippen LogP contribution >= 0.6 is 11.6 Å². The van der Waals surface area contributed by atoms with Crippen LogP contribution in [0.15, 0.2) is 42.5 Å². The van der Waals surface area contributed by atoms with Crippen LogP contribution in [0.5, 0.6) is 0 Å². The molecule has 0 aliphatic heterocycles. The second kappa shape index (κ2) is 9.79. The zero-order valence-electron chi connectivity index (χ0n) is 17.9. The minimum absolute atomic E-state index is 0.0942. The van der Waals surface area contributed by atoms with Crippen LogP contribution in [0.25, 0.3) is 16.9 Å². The summed E-state index contributed by atoms with van der Waals surface area (Å²) in [5.41, 5.74) is 5.89. The van der Waals surface area contributed by atoms with Crippen molar-refractivity contribution in [3.05, 3.63) is 69.9 Å². The van der Waals surface area contributed by atoms with Gasteiger partial charge < -0.3 is 10.4 Å². The number of benzene rings is 2. The molecular weight excluding hydrogens is 414 g/mol. The Bertz CT molecular complexity index is 1100. The standard InChI is InChI=1S/C24H26ClN3O3/c1-15-7-9-18(10-8-15)23-17(3)22(24(31)26-13-5-4-6-21(29)30)27-28(23)20-12-11-19(25)14-16(20)2/h7-12,14H,4-6,13H2,1-3H3,(H,26,31)(H,29,30). The first-order valence-electron chi connectivity index (χ1n) is 10.2. The van der Waals surface area contributed by atoms with Crippen molar-refractivity contribution < 1.29 is 14.7 Å². The number of aliphatic carboxylic acids is 1. The first kappa shape index (κ1) is 22.6. The summed E-state index contributed by atoms with van der Waals surface area (Å²) >= 11 is 6.14. The fraction of sp³-hybridized carbons (Fsp3) is 0.292. The molecule has 162 valence electrons. The third kappa shape index (κ3) is 5.33. The second-order valence-corrected chi connectivity index (χ2v) is 8.07. The molecule has 31 heavy (non-hydrogen) atoms. The molecule has 0 atom stereocenters. The fourth-order valence-electron chi connectivity index (χ4n) is 3.48. The number of carboxylic acids is 1. The van der Waals surface area contributed by atoms with Crippen molar-refractivity contribution in [2.45, 2.75) is 40.0 Å². The minimum atomic E-state index is -0.831. The minimum Gasteiger partial charge on any atom is -0.481 e. The molecule has 3 rings (SSSR count). The number of rotatable bonds is 8. The van der Waals surface area contributed by atoms with Crippen molar-refractivity contribution in [2.75, 3.05) is 6.54 Å². The normalized spacial score (nSPS) is 10.8. The second-order valence-electron chi connectivity index (χ2n) is 7.64. The van der Waals surface area contributed by atoms with E-state index in [0.717, 1.165) is 33.6 Å². The van der Waals surface area contributed by atoms with Crippen molar-refractivity contribution in [3.8, 4) is 16.9 Å². The maximum atomic E-state index is 12.9. The van der Waals surface area contributed by atoms with Crippen molar-refractivity contribution in [3.63, 3.8) is 0 Å². The van der Waals surface area contributed by atoms with Gasteiger partial charge in [-0.25, -0.2) is 4.68 Å². The third-order valence-electron chi connectivity index (χ3n) is 5.15.